The van der Waals surface area contributed by atoms with Crippen molar-refractivity contribution < 1.29 is 0 Å². The van der Waals surface area contributed by atoms with Crippen molar-refractivity contribution in [3.8, 4) is 0 Å². The molecule has 2 aromatic rings. The Morgan fingerprint density at radius 3 is 2.73 bits per heavy atom. The molecule has 0 aliphatic carbocycles. The van der Waals surface area contributed by atoms with Gasteiger partial charge in [-0.2, -0.15) is 0 Å². The maximum absolute atomic E-state index is 4.22. The number of fused-ring (bicyclic) bond motifs is 1. The van der Waals surface area contributed by atoms with Gasteiger partial charge < -0.3 is 0 Å². The molecule has 1 heteroatoms. The van der Waals surface area contributed by atoms with E-state index in [1.54, 1.807) is 6.20 Å². The molecular formula is C10H8N. The second kappa shape index (κ2) is 2.35. The average molecular weight is 142 g/mol. The summed E-state index contributed by atoms with van der Waals surface area (Å²) < 4.78 is 0. The average Bonchev–Trinajstić information content (AvgIpc) is 2.06. The lowest BCUT2D eigenvalue weighted by Crippen LogP contribution is -1.80. The number of benzene rings is 1. The monoisotopic (exact) mass is 142 g/mol. The van der Waals surface area contributed by atoms with Crippen LogP contribution in [-0.2, 0) is 0 Å². The van der Waals surface area contributed by atoms with Crippen LogP contribution in [0.15, 0.2) is 36.5 Å². The Kier molecular flexibility index (Phi) is 1.35. The predicted molar refractivity (Wildman–Crippen MR) is 46.2 cm³/mol. The van der Waals surface area contributed by atoms with Crippen LogP contribution in [0.2, 0.25) is 0 Å². The topological polar surface area (TPSA) is 12.9 Å². The maximum atomic E-state index is 4.22. The van der Waals surface area contributed by atoms with Crippen LogP contribution in [0.3, 0.4) is 0 Å². The molecule has 0 aliphatic rings. The lowest BCUT2D eigenvalue weighted by Gasteiger charge is -1.97. The fourth-order valence-corrected chi connectivity index (χ4v) is 1.17. The molecule has 0 saturated heterocycles. The molecule has 1 heterocycles. The van der Waals surface area contributed by atoms with Gasteiger partial charge in [0, 0.05) is 11.6 Å². The van der Waals surface area contributed by atoms with E-state index in [4.69, 9.17) is 0 Å². The van der Waals surface area contributed by atoms with Crippen molar-refractivity contribution in [2.45, 2.75) is 0 Å². The van der Waals surface area contributed by atoms with Crippen molar-refractivity contribution in [3.05, 3.63) is 49.0 Å². The van der Waals surface area contributed by atoms with Crippen LogP contribution in [-0.4, -0.2) is 4.98 Å². The highest BCUT2D eigenvalue weighted by Crippen LogP contribution is 2.13. The quantitative estimate of drug-likeness (QED) is 0.550. The highest BCUT2D eigenvalue weighted by molar-refractivity contribution is 5.81. The Morgan fingerprint density at radius 2 is 1.91 bits per heavy atom. The summed E-state index contributed by atoms with van der Waals surface area (Å²) in [6.45, 7) is 3.89. The van der Waals surface area contributed by atoms with Gasteiger partial charge in [-0.15, -0.1) is 0 Å². The molecule has 1 nitrogen and oxygen atoms in total. The van der Waals surface area contributed by atoms with E-state index in [-0.39, 0.29) is 0 Å². The molecule has 11 heavy (non-hydrogen) atoms. The predicted octanol–water partition coefficient (Wildman–Crippen LogP) is 2.42. The molecule has 0 bridgehead atoms. The minimum absolute atomic E-state index is 0.989. The second-order valence-corrected chi connectivity index (χ2v) is 2.49. The molecule has 1 aromatic carbocycles. The molecule has 0 atom stereocenters. The largest absolute Gasteiger partial charge is 0.256 e. The molecule has 1 radical (unpaired) electrons. The maximum Gasteiger partial charge on any atom is 0.0733 e. The summed E-state index contributed by atoms with van der Waals surface area (Å²) in [7, 11) is 0. The molecule has 2 rings (SSSR count). The Balaban J connectivity index is 2.91. The molecule has 0 aliphatic heterocycles. The highest BCUT2D eigenvalue weighted by atomic mass is 14.6. The Bertz CT molecular complexity index is 374. The van der Waals surface area contributed by atoms with Gasteiger partial charge in [0.05, 0.1) is 5.52 Å². The minimum atomic E-state index is 0.989. The van der Waals surface area contributed by atoms with Gasteiger partial charge in [0.1, 0.15) is 0 Å². The van der Waals surface area contributed by atoms with Crippen molar-refractivity contribution in [1.82, 2.24) is 4.98 Å². The van der Waals surface area contributed by atoms with Gasteiger partial charge in [-0.25, -0.2) is 0 Å². The minimum Gasteiger partial charge on any atom is -0.256 e. The Morgan fingerprint density at radius 1 is 1.09 bits per heavy atom. The van der Waals surface area contributed by atoms with E-state index in [1.807, 2.05) is 30.3 Å². The van der Waals surface area contributed by atoms with E-state index in [9.17, 15) is 0 Å². The summed E-state index contributed by atoms with van der Waals surface area (Å²) in [6.07, 6.45) is 1.79. The standard InChI is InChI=1S/C10H8N/c1-8-4-2-5-9-6-3-7-11-10(8)9/h2-7H,1H2. The van der Waals surface area contributed by atoms with Gasteiger partial charge in [-0.1, -0.05) is 24.3 Å². The first-order chi connectivity index (χ1) is 5.38. The van der Waals surface area contributed by atoms with Gasteiger partial charge in [-0.05, 0) is 18.6 Å². The van der Waals surface area contributed by atoms with Crippen LogP contribution >= 0.6 is 0 Å². The van der Waals surface area contributed by atoms with E-state index in [1.165, 1.54) is 0 Å². The first kappa shape index (κ1) is 6.35. The molecule has 0 spiro atoms. The normalized spacial score (nSPS) is 10.3. The van der Waals surface area contributed by atoms with E-state index in [2.05, 4.69) is 11.9 Å². The zero-order valence-corrected chi connectivity index (χ0v) is 6.12. The smallest absolute Gasteiger partial charge is 0.0733 e. The van der Waals surface area contributed by atoms with Crippen LogP contribution < -0.4 is 0 Å². The van der Waals surface area contributed by atoms with Crippen LogP contribution in [0, 0.1) is 6.92 Å². The zero-order chi connectivity index (χ0) is 7.68. The molecular weight excluding hydrogens is 134 g/mol. The number of hydrogen-bond donors (Lipinski definition) is 0. The van der Waals surface area contributed by atoms with E-state index >= 15 is 0 Å². The Hall–Kier alpha value is -1.37. The molecule has 0 unspecified atom stereocenters. The summed E-state index contributed by atoms with van der Waals surface area (Å²) in [6, 6.07) is 9.97. The van der Waals surface area contributed by atoms with Gasteiger partial charge in [0.25, 0.3) is 0 Å². The van der Waals surface area contributed by atoms with Crippen LogP contribution in [0.25, 0.3) is 10.9 Å². The van der Waals surface area contributed by atoms with Gasteiger partial charge >= 0.3 is 0 Å². The van der Waals surface area contributed by atoms with Crippen LogP contribution in [0.4, 0.5) is 0 Å². The van der Waals surface area contributed by atoms with Crippen molar-refractivity contribution >= 4 is 10.9 Å². The van der Waals surface area contributed by atoms with Crippen molar-refractivity contribution in [1.29, 1.82) is 0 Å². The first-order valence-corrected chi connectivity index (χ1v) is 3.53. The van der Waals surface area contributed by atoms with Gasteiger partial charge in [0.15, 0.2) is 0 Å². The van der Waals surface area contributed by atoms with E-state index < -0.39 is 0 Å². The van der Waals surface area contributed by atoms with Crippen molar-refractivity contribution in [3.63, 3.8) is 0 Å². The highest BCUT2D eigenvalue weighted by Gasteiger charge is 1.93. The fraction of sp³-hybridized carbons (Fsp3) is 0. The lowest BCUT2D eigenvalue weighted by molar-refractivity contribution is 1.40. The molecule has 0 N–H and O–H groups in total. The second-order valence-electron chi connectivity index (χ2n) is 2.49. The molecule has 0 amide bonds. The summed E-state index contributed by atoms with van der Waals surface area (Å²) >= 11 is 0. The number of rotatable bonds is 0. The molecule has 0 fully saturated rings. The van der Waals surface area contributed by atoms with E-state index in [0.717, 1.165) is 16.5 Å². The Labute approximate surface area is 65.7 Å². The number of hydrogen-bond acceptors (Lipinski definition) is 1. The fourth-order valence-electron chi connectivity index (χ4n) is 1.17. The third-order valence-electron chi connectivity index (χ3n) is 1.72. The molecule has 0 saturated carbocycles. The van der Waals surface area contributed by atoms with E-state index in [0.29, 0.717) is 0 Å². The molecule has 53 valence electrons. The van der Waals surface area contributed by atoms with Crippen molar-refractivity contribution in [2.75, 3.05) is 0 Å². The summed E-state index contributed by atoms with van der Waals surface area (Å²) in [5.41, 5.74) is 1.98. The number of para-hydroxylation sites is 1. The van der Waals surface area contributed by atoms with Crippen molar-refractivity contribution in [2.24, 2.45) is 0 Å². The first-order valence-electron chi connectivity index (χ1n) is 3.53. The van der Waals surface area contributed by atoms with Crippen LogP contribution in [0.5, 0.6) is 0 Å². The third-order valence-corrected chi connectivity index (χ3v) is 1.72. The number of aromatic nitrogens is 1. The van der Waals surface area contributed by atoms with Gasteiger partial charge in [0.2, 0.25) is 0 Å². The number of pyridine rings is 1. The summed E-state index contributed by atoms with van der Waals surface area (Å²) in [5.74, 6) is 0. The SMILES string of the molecule is [CH2]c1cccc2cccnc12. The zero-order valence-electron chi connectivity index (χ0n) is 6.12. The van der Waals surface area contributed by atoms with Crippen LogP contribution in [0.1, 0.15) is 5.56 Å². The van der Waals surface area contributed by atoms with Gasteiger partial charge in [-0.3, -0.25) is 4.98 Å². The third kappa shape index (κ3) is 0.984. The summed E-state index contributed by atoms with van der Waals surface area (Å²) in [5, 5.41) is 1.15. The summed E-state index contributed by atoms with van der Waals surface area (Å²) in [4.78, 5) is 4.22. The lowest BCUT2D eigenvalue weighted by atomic mass is 10.1. The number of nitrogens with zero attached hydrogens (tertiary/aromatic N) is 1. The molecule has 1 aromatic heterocycles.